The van der Waals surface area contributed by atoms with Crippen LogP contribution in [0.4, 0.5) is 14.9 Å². The number of aliphatic hydroxyl groups is 1. The summed E-state index contributed by atoms with van der Waals surface area (Å²) in [6.07, 6.45) is -0.594. The molecule has 2 fully saturated rings. The highest BCUT2D eigenvalue weighted by atomic mass is 19.1. The van der Waals surface area contributed by atoms with Gasteiger partial charge in [0.15, 0.2) is 0 Å². The Morgan fingerprint density at radius 1 is 1.04 bits per heavy atom. The van der Waals surface area contributed by atoms with E-state index in [1.54, 1.807) is 24.1 Å². The van der Waals surface area contributed by atoms with Crippen LogP contribution in [0.5, 0.6) is 5.88 Å². The maximum absolute atomic E-state index is 14.4. The second-order valence-corrected chi connectivity index (χ2v) is 12.4. The zero-order chi connectivity index (χ0) is 32.2. The number of hydrogen-bond acceptors (Lipinski definition) is 9. The Morgan fingerprint density at radius 3 is 2.40 bits per heavy atom. The molecule has 3 aliphatic heterocycles. The van der Waals surface area contributed by atoms with Crippen molar-refractivity contribution in [2.75, 3.05) is 64.6 Å². The van der Waals surface area contributed by atoms with Crippen LogP contribution in [-0.2, 0) is 27.3 Å². The molecule has 2 amide bonds. The Kier molecular flexibility index (Phi) is 10.6. The molecular weight excluding hydrogens is 585 g/mol. The summed E-state index contributed by atoms with van der Waals surface area (Å²) in [5.74, 6) is -0.275. The minimum absolute atomic E-state index is 0.0598. The van der Waals surface area contributed by atoms with Gasteiger partial charge in [-0.1, -0.05) is 12.1 Å². The number of halogens is 1. The van der Waals surface area contributed by atoms with Crippen LogP contribution in [0.25, 0.3) is 0 Å². The van der Waals surface area contributed by atoms with Crippen molar-refractivity contribution in [3.05, 3.63) is 53.0 Å². The van der Waals surface area contributed by atoms with E-state index in [9.17, 15) is 24.2 Å². The zero-order valence-electron chi connectivity index (χ0n) is 26.4. The van der Waals surface area contributed by atoms with E-state index in [0.717, 1.165) is 5.56 Å². The second kappa shape index (κ2) is 14.4. The number of benzene rings is 1. The first-order valence-corrected chi connectivity index (χ1v) is 15.5. The van der Waals surface area contributed by atoms with E-state index in [1.807, 2.05) is 13.0 Å². The lowest BCUT2D eigenvalue weighted by molar-refractivity contribution is -0.123. The number of morpholine rings is 1. The minimum atomic E-state index is -0.969. The minimum Gasteiger partial charge on any atom is -0.474 e. The SMILES string of the molecule is COCC1COc2nc(CO)c(Cc3ccc(F)cc3)cc2N1C(=O)CN1C[C@@H](C)N(C(=O)O)C[C@@H]1CN1[C@H](C)COC[C@H]1C. The Hall–Kier alpha value is -3.36. The fourth-order valence-electron chi connectivity index (χ4n) is 6.68. The quantitative estimate of drug-likeness (QED) is 0.426. The number of amides is 2. The third-order valence-electron chi connectivity index (χ3n) is 9.07. The Bertz CT molecular complexity index is 1340. The smallest absolute Gasteiger partial charge is 0.407 e. The van der Waals surface area contributed by atoms with Crippen LogP contribution >= 0.6 is 0 Å². The van der Waals surface area contributed by atoms with Gasteiger partial charge in [0, 0.05) is 50.9 Å². The molecule has 1 unspecified atom stereocenters. The number of anilines is 1. The van der Waals surface area contributed by atoms with Gasteiger partial charge in [-0.15, -0.1) is 0 Å². The molecule has 1 aromatic heterocycles. The second-order valence-electron chi connectivity index (χ2n) is 12.4. The molecule has 5 atom stereocenters. The fraction of sp³-hybridized carbons (Fsp3) is 0.594. The Labute approximate surface area is 263 Å². The van der Waals surface area contributed by atoms with Gasteiger partial charge in [-0.3, -0.25) is 19.5 Å². The van der Waals surface area contributed by atoms with Gasteiger partial charge in [-0.2, -0.15) is 0 Å². The maximum Gasteiger partial charge on any atom is 0.407 e. The number of nitrogens with zero attached hydrogens (tertiary/aromatic N) is 5. The number of ether oxygens (including phenoxy) is 3. The lowest BCUT2D eigenvalue weighted by atomic mass is 10.0. The number of piperazine rings is 1. The zero-order valence-corrected chi connectivity index (χ0v) is 26.4. The van der Waals surface area contributed by atoms with E-state index in [-0.39, 0.29) is 74.7 Å². The van der Waals surface area contributed by atoms with Crippen molar-refractivity contribution in [2.24, 2.45) is 0 Å². The van der Waals surface area contributed by atoms with Gasteiger partial charge in [0.1, 0.15) is 18.1 Å². The van der Waals surface area contributed by atoms with Crippen LogP contribution in [0.2, 0.25) is 0 Å². The van der Waals surface area contributed by atoms with E-state index in [4.69, 9.17) is 14.2 Å². The van der Waals surface area contributed by atoms with E-state index >= 15 is 0 Å². The van der Waals surface area contributed by atoms with E-state index < -0.39 is 12.1 Å². The number of aliphatic hydroxyl groups excluding tert-OH is 1. The monoisotopic (exact) mass is 629 g/mol. The summed E-state index contributed by atoms with van der Waals surface area (Å²) in [6, 6.07) is 7.32. The van der Waals surface area contributed by atoms with Gasteiger partial charge >= 0.3 is 6.09 Å². The van der Waals surface area contributed by atoms with Gasteiger partial charge in [0.2, 0.25) is 11.8 Å². The number of rotatable bonds is 9. The third-order valence-corrected chi connectivity index (χ3v) is 9.07. The highest BCUT2D eigenvalue weighted by Crippen LogP contribution is 2.36. The molecule has 2 N–H and O–H groups in total. The molecule has 0 aliphatic carbocycles. The molecule has 0 spiro atoms. The molecule has 45 heavy (non-hydrogen) atoms. The molecule has 246 valence electrons. The summed E-state index contributed by atoms with van der Waals surface area (Å²) in [6.45, 7) is 8.67. The number of carboxylic acid groups (broad SMARTS) is 1. The lowest BCUT2D eigenvalue weighted by Crippen LogP contribution is -2.65. The molecule has 13 heteroatoms. The molecule has 0 radical (unpaired) electrons. The standard InChI is InChI=1S/C32H44FN5O7/c1-20-11-35(26(13-37(20)32(41)42)12-36-21(2)16-44-17-22(36)3)14-30(40)38-27(18-43-4)19-45-31-29(38)10-24(28(15-39)34-31)9-23-5-7-25(33)8-6-23/h5-8,10,20-22,26-27,39H,9,11-19H2,1-4H3,(H,41,42)/t20-,21-,22-,26+,27?/m1/s1. The third kappa shape index (κ3) is 7.39. The van der Waals surface area contributed by atoms with Crippen molar-refractivity contribution in [2.45, 2.75) is 64.0 Å². The van der Waals surface area contributed by atoms with Gasteiger partial charge in [0.25, 0.3) is 0 Å². The average Bonchev–Trinajstić information content (AvgIpc) is 3.00. The Balaban J connectivity index is 1.45. The average molecular weight is 630 g/mol. The van der Waals surface area contributed by atoms with Gasteiger partial charge in [-0.25, -0.2) is 14.2 Å². The van der Waals surface area contributed by atoms with Gasteiger partial charge in [-0.05, 0) is 56.5 Å². The fourth-order valence-corrected chi connectivity index (χ4v) is 6.68. The molecule has 2 aromatic rings. The first-order valence-electron chi connectivity index (χ1n) is 15.5. The van der Waals surface area contributed by atoms with Crippen molar-refractivity contribution in [1.82, 2.24) is 19.7 Å². The summed E-state index contributed by atoms with van der Waals surface area (Å²) in [5, 5.41) is 20.0. The molecule has 5 rings (SSSR count). The largest absolute Gasteiger partial charge is 0.474 e. The Morgan fingerprint density at radius 2 is 1.76 bits per heavy atom. The van der Waals surface area contributed by atoms with E-state index in [2.05, 4.69) is 28.6 Å². The summed E-state index contributed by atoms with van der Waals surface area (Å²) < 4.78 is 30.7. The number of methoxy groups -OCH3 is 1. The van der Waals surface area contributed by atoms with Crippen LogP contribution in [-0.4, -0.2) is 132 Å². The summed E-state index contributed by atoms with van der Waals surface area (Å²) in [7, 11) is 1.57. The predicted octanol–water partition coefficient (Wildman–Crippen LogP) is 2.21. The lowest BCUT2D eigenvalue weighted by Gasteiger charge is -2.48. The maximum atomic E-state index is 14.4. The van der Waals surface area contributed by atoms with Gasteiger partial charge in [0.05, 0.1) is 44.7 Å². The molecule has 4 heterocycles. The number of carbonyl (C=O) groups is 2. The number of hydrogen-bond donors (Lipinski definition) is 2. The topological polar surface area (TPSA) is 128 Å². The van der Waals surface area contributed by atoms with Crippen molar-refractivity contribution in [3.8, 4) is 5.88 Å². The van der Waals surface area contributed by atoms with Crippen LogP contribution in [0, 0.1) is 5.82 Å². The van der Waals surface area contributed by atoms with Crippen LogP contribution in [0.15, 0.2) is 30.3 Å². The number of carbonyl (C=O) groups excluding carboxylic acids is 1. The van der Waals surface area contributed by atoms with Crippen LogP contribution < -0.4 is 9.64 Å². The molecule has 2 saturated heterocycles. The van der Waals surface area contributed by atoms with Crippen molar-refractivity contribution >= 4 is 17.7 Å². The first-order chi connectivity index (χ1) is 21.6. The molecule has 1 aromatic carbocycles. The normalized spacial score (nSPS) is 26.0. The number of fused-ring (bicyclic) bond motifs is 1. The molecule has 0 bridgehead atoms. The summed E-state index contributed by atoms with van der Waals surface area (Å²) in [5.41, 5.74) is 2.42. The number of aromatic nitrogens is 1. The summed E-state index contributed by atoms with van der Waals surface area (Å²) >= 11 is 0. The van der Waals surface area contributed by atoms with Gasteiger partial charge < -0.3 is 29.3 Å². The highest BCUT2D eigenvalue weighted by molar-refractivity contribution is 5.97. The molecule has 12 nitrogen and oxygen atoms in total. The molecule has 3 aliphatic rings. The first kappa shape index (κ1) is 33.0. The van der Waals surface area contributed by atoms with Crippen LogP contribution in [0.3, 0.4) is 0 Å². The van der Waals surface area contributed by atoms with E-state index in [0.29, 0.717) is 49.7 Å². The molecular formula is C32H44FN5O7. The highest BCUT2D eigenvalue weighted by Gasteiger charge is 2.41. The van der Waals surface area contributed by atoms with Crippen LogP contribution in [0.1, 0.15) is 37.6 Å². The predicted molar refractivity (Wildman–Crippen MR) is 164 cm³/mol. The number of pyridine rings is 1. The van der Waals surface area contributed by atoms with Crippen molar-refractivity contribution in [3.63, 3.8) is 0 Å². The summed E-state index contributed by atoms with van der Waals surface area (Å²) in [4.78, 5) is 38.6. The van der Waals surface area contributed by atoms with Crippen molar-refractivity contribution < 1.29 is 38.4 Å². The van der Waals surface area contributed by atoms with Crippen molar-refractivity contribution in [1.29, 1.82) is 0 Å². The molecule has 0 saturated carbocycles. The van der Waals surface area contributed by atoms with E-state index in [1.165, 1.54) is 17.0 Å².